The summed E-state index contributed by atoms with van der Waals surface area (Å²) in [4.78, 5) is 17.2. The predicted molar refractivity (Wildman–Crippen MR) is 129 cm³/mol. The molecule has 1 aliphatic rings. The lowest BCUT2D eigenvalue weighted by Gasteiger charge is -2.18. The highest BCUT2D eigenvalue weighted by atomic mass is 32.2. The van der Waals surface area contributed by atoms with Crippen LogP contribution in [0, 0.1) is 0 Å². The maximum atomic E-state index is 13.0. The normalized spacial score (nSPS) is 14.2. The predicted octanol–water partition coefficient (Wildman–Crippen LogP) is 4.36. The molecule has 1 aromatic heterocycles. The zero-order valence-electron chi connectivity index (χ0n) is 19.0. The van der Waals surface area contributed by atoms with Gasteiger partial charge >= 0.3 is 5.97 Å². The molecule has 0 spiro atoms. The van der Waals surface area contributed by atoms with Crippen LogP contribution >= 0.6 is 11.3 Å². The molecule has 1 aliphatic heterocycles. The molecular weight excluding hydrogens is 476 g/mol. The zero-order chi connectivity index (χ0) is 24.1. The van der Waals surface area contributed by atoms with Crippen molar-refractivity contribution in [3.63, 3.8) is 0 Å². The smallest absolute Gasteiger partial charge is 0.338 e. The average molecular weight is 503 g/mol. The van der Waals surface area contributed by atoms with E-state index >= 15 is 0 Å². The Morgan fingerprint density at radius 2 is 1.85 bits per heavy atom. The van der Waals surface area contributed by atoms with Crippen LogP contribution in [-0.2, 0) is 21.4 Å². The van der Waals surface area contributed by atoms with Crippen LogP contribution in [0.5, 0.6) is 11.5 Å². The van der Waals surface area contributed by atoms with Crippen LogP contribution in [0.15, 0.2) is 52.7 Å². The van der Waals surface area contributed by atoms with Crippen LogP contribution in [0.2, 0.25) is 0 Å². The fraction of sp³-hybridized carbons (Fsp3) is 0.333. The Hall–Kier alpha value is -2.95. The summed E-state index contributed by atoms with van der Waals surface area (Å²) in [7, 11) is -2.35. The van der Waals surface area contributed by atoms with Gasteiger partial charge in [0.25, 0.3) is 0 Å². The number of ether oxygens (including phenoxy) is 3. The number of thiazole rings is 1. The third kappa shape index (κ3) is 5.24. The lowest BCUT2D eigenvalue weighted by atomic mass is 10.2. The molecule has 4 rings (SSSR count). The van der Waals surface area contributed by atoms with Crippen LogP contribution in [0.1, 0.15) is 35.8 Å². The van der Waals surface area contributed by atoms with Gasteiger partial charge in [-0.05, 0) is 62.2 Å². The van der Waals surface area contributed by atoms with Crippen molar-refractivity contribution >= 4 is 27.3 Å². The molecule has 8 nitrogen and oxygen atoms in total. The molecule has 0 aliphatic carbocycles. The molecular formula is C24H26N2O6S2. The Labute approximate surface area is 203 Å². The van der Waals surface area contributed by atoms with Crippen LogP contribution in [0.25, 0.3) is 10.6 Å². The first-order chi connectivity index (χ1) is 16.4. The molecule has 0 amide bonds. The van der Waals surface area contributed by atoms with Crippen molar-refractivity contribution in [1.82, 2.24) is 9.29 Å². The molecule has 3 aromatic rings. The number of hydrogen-bond acceptors (Lipinski definition) is 8. The molecule has 2 aromatic carbocycles. The Bertz CT molecular complexity index is 1250. The number of rotatable bonds is 9. The number of sulfonamides is 1. The summed E-state index contributed by atoms with van der Waals surface area (Å²) < 4.78 is 43.6. The van der Waals surface area contributed by atoms with E-state index in [1.807, 2.05) is 36.6 Å². The van der Waals surface area contributed by atoms with Crippen molar-refractivity contribution in [3.05, 3.63) is 59.1 Å². The second-order valence-corrected chi connectivity index (χ2v) is 10.4. The summed E-state index contributed by atoms with van der Waals surface area (Å²) in [5.41, 5.74) is 1.69. The minimum Gasteiger partial charge on any atom is -0.495 e. The minimum atomic E-state index is -3.76. The van der Waals surface area contributed by atoms with E-state index in [2.05, 4.69) is 4.98 Å². The topological polar surface area (TPSA) is 95.0 Å². The second-order valence-electron chi connectivity index (χ2n) is 7.65. The lowest BCUT2D eigenvalue weighted by molar-refractivity contribution is 0.0468. The van der Waals surface area contributed by atoms with Crippen molar-refractivity contribution in [2.75, 3.05) is 26.8 Å². The molecule has 180 valence electrons. The van der Waals surface area contributed by atoms with Gasteiger partial charge in [0.15, 0.2) is 0 Å². The highest BCUT2D eigenvalue weighted by Gasteiger charge is 2.30. The lowest BCUT2D eigenvalue weighted by Crippen LogP contribution is -2.28. The Morgan fingerprint density at radius 1 is 1.12 bits per heavy atom. The third-order valence-corrected chi connectivity index (χ3v) is 8.26. The average Bonchev–Trinajstić information content (AvgIpc) is 3.56. The summed E-state index contributed by atoms with van der Waals surface area (Å²) in [6.45, 7) is 3.43. The summed E-state index contributed by atoms with van der Waals surface area (Å²) >= 11 is 1.45. The number of hydrogen-bond donors (Lipinski definition) is 0. The molecule has 1 fully saturated rings. The van der Waals surface area contributed by atoms with Crippen LogP contribution in [0.4, 0.5) is 0 Å². The Balaban J connectivity index is 1.45. The minimum absolute atomic E-state index is 0.0212. The molecule has 1 saturated heterocycles. The van der Waals surface area contributed by atoms with Crippen molar-refractivity contribution in [1.29, 1.82) is 0 Å². The van der Waals surface area contributed by atoms with E-state index in [0.29, 0.717) is 25.4 Å². The standard InChI is InChI=1S/C24H26N2O6S2/c1-3-31-20-9-6-17(7-10-20)23-25-19(16-33-23)15-32-24(27)18-8-11-21(30-2)22(14-18)34(28,29)26-12-4-5-13-26/h6-11,14,16H,3-5,12-13,15H2,1-2H3. The van der Waals surface area contributed by atoms with Gasteiger partial charge in [-0.1, -0.05) is 0 Å². The van der Waals surface area contributed by atoms with E-state index in [9.17, 15) is 13.2 Å². The fourth-order valence-electron chi connectivity index (χ4n) is 3.66. The van der Waals surface area contributed by atoms with Gasteiger partial charge in [-0.25, -0.2) is 18.2 Å². The van der Waals surface area contributed by atoms with Gasteiger partial charge in [-0.3, -0.25) is 0 Å². The summed E-state index contributed by atoms with van der Waals surface area (Å²) in [5.74, 6) is 0.363. The highest BCUT2D eigenvalue weighted by molar-refractivity contribution is 7.89. The molecule has 0 N–H and O–H groups in total. The van der Waals surface area contributed by atoms with E-state index < -0.39 is 16.0 Å². The first-order valence-corrected chi connectivity index (χ1v) is 13.3. The van der Waals surface area contributed by atoms with E-state index in [1.54, 1.807) is 0 Å². The molecule has 0 radical (unpaired) electrons. The third-order valence-electron chi connectivity index (χ3n) is 5.40. The maximum absolute atomic E-state index is 13.0. The maximum Gasteiger partial charge on any atom is 0.338 e. The van der Waals surface area contributed by atoms with Gasteiger partial charge in [0.05, 0.1) is 25.0 Å². The van der Waals surface area contributed by atoms with Crippen molar-refractivity contribution in [2.45, 2.75) is 31.3 Å². The van der Waals surface area contributed by atoms with Crippen LogP contribution < -0.4 is 9.47 Å². The molecule has 0 saturated carbocycles. The molecule has 2 heterocycles. The van der Waals surface area contributed by atoms with Gasteiger partial charge in [-0.15, -0.1) is 11.3 Å². The van der Waals surface area contributed by atoms with Gasteiger partial charge < -0.3 is 14.2 Å². The highest BCUT2D eigenvalue weighted by Crippen LogP contribution is 2.30. The monoisotopic (exact) mass is 502 g/mol. The first-order valence-electron chi connectivity index (χ1n) is 11.0. The van der Waals surface area contributed by atoms with Crippen molar-refractivity contribution in [2.24, 2.45) is 0 Å². The van der Waals surface area contributed by atoms with E-state index in [4.69, 9.17) is 14.2 Å². The quantitative estimate of drug-likeness (QED) is 0.401. The van der Waals surface area contributed by atoms with E-state index in [1.165, 1.54) is 41.0 Å². The van der Waals surface area contributed by atoms with Crippen molar-refractivity contribution in [3.8, 4) is 22.1 Å². The van der Waals surface area contributed by atoms with Gasteiger partial charge in [0.2, 0.25) is 10.0 Å². The van der Waals surface area contributed by atoms with Gasteiger partial charge in [0.1, 0.15) is 28.0 Å². The summed E-state index contributed by atoms with van der Waals surface area (Å²) in [6.07, 6.45) is 1.63. The Morgan fingerprint density at radius 3 is 2.53 bits per heavy atom. The molecule has 0 bridgehead atoms. The van der Waals surface area contributed by atoms with Crippen LogP contribution in [0.3, 0.4) is 0 Å². The molecule has 0 atom stereocenters. The Kier molecular flexibility index (Phi) is 7.50. The first kappa shape index (κ1) is 24.2. The molecule has 0 unspecified atom stereocenters. The number of carbonyl (C=O) groups is 1. The van der Waals surface area contributed by atoms with Gasteiger partial charge in [0, 0.05) is 24.0 Å². The summed E-state index contributed by atoms with van der Waals surface area (Å²) in [5, 5.41) is 2.63. The van der Waals surface area contributed by atoms with Crippen molar-refractivity contribution < 1.29 is 27.4 Å². The number of aromatic nitrogens is 1. The largest absolute Gasteiger partial charge is 0.495 e. The zero-order valence-corrected chi connectivity index (χ0v) is 20.7. The number of nitrogens with zero attached hydrogens (tertiary/aromatic N) is 2. The van der Waals surface area contributed by atoms with Gasteiger partial charge in [-0.2, -0.15) is 4.31 Å². The summed E-state index contributed by atoms with van der Waals surface area (Å²) in [6, 6.07) is 11.9. The number of esters is 1. The van der Waals surface area contributed by atoms with Crippen LogP contribution in [-0.4, -0.2) is 50.5 Å². The molecule has 34 heavy (non-hydrogen) atoms. The fourth-order valence-corrected chi connectivity index (χ4v) is 6.17. The number of carbonyl (C=O) groups excluding carboxylic acids is 1. The van der Waals surface area contributed by atoms with E-state index in [0.717, 1.165) is 29.2 Å². The SMILES string of the molecule is CCOc1ccc(-c2nc(COC(=O)c3ccc(OC)c(S(=O)(=O)N4CCCC4)c3)cs2)cc1. The second kappa shape index (κ2) is 10.5. The molecule has 10 heteroatoms. The van der Waals surface area contributed by atoms with E-state index in [-0.39, 0.29) is 22.8 Å². The number of methoxy groups -OCH3 is 1. The number of benzene rings is 2.